The van der Waals surface area contributed by atoms with Gasteiger partial charge in [-0.2, -0.15) is 0 Å². The Hall–Kier alpha value is -1.18. The maximum absolute atomic E-state index is 6.50. The van der Waals surface area contributed by atoms with Gasteiger partial charge in [0.1, 0.15) is 0 Å². The number of aryl methyl sites for hydroxylation is 1. The van der Waals surface area contributed by atoms with Crippen LogP contribution in [-0.4, -0.2) is 0 Å². The van der Waals surface area contributed by atoms with E-state index in [1.54, 1.807) is 5.56 Å². The summed E-state index contributed by atoms with van der Waals surface area (Å²) in [7, 11) is 0. The lowest BCUT2D eigenvalue weighted by Gasteiger charge is -2.32. The first-order chi connectivity index (χ1) is 10.2. The van der Waals surface area contributed by atoms with Crippen molar-refractivity contribution in [1.82, 2.24) is 0 Å². The first kappa shape index (κ1) is 14.7. The maximum atomic E-state index is 6.50. The second kappa shape index (κ2) is 6.29. The number of rotatable bonds is 2. The van der Waals surface area contributed by atoms with Gasteiger partial charge in [0.05, 0.1) is 11.4 Å². The topological polar surface area (TPSA) is 52.0 Å². The lowest BCUT2D eigenvalue weighted by Crippen LogP contribution is -2.16. The highest BCUT2D eigenvalue weighted by molar-refractivity contribution is 5.74. The first-order valence-corrected chi connectivity index (χ1v) is 8.87. The number of hydrogen-bond donors (Lipinski definition) is 2. The predicted molar refractivity (Wildman–Crippen MR) is 91.7 cm³/mol. The third kappa shape index (κ3) is 2.90. The molecule has 0 spiro atoms. The van der Waals surface area contributed by atoms with Crippen LogP contribution in [0.1, 0.15) is 92.7 Å². The standard InChI is InChI=1S/C19H30N2/c1-13-12-16(14-8-4-2-5-9-14)17(19(21)18(13)20)15-10-6-3-7-11-15/h12,14-15H,2-11,20-21H2,1H3. The maximum Gasteiger partial charge on any atom is 0.0588 e. The molecule has 0 unspecified atom stereocenters. The molecule has 0 heterocycles. The highest BCUT2D eigenvalue weighted by Crippen LogP contribution is 2.45. The van der Waals surface area contributed by atoms with Crippen molar-refractivity contribution < 1.29 is 0 Å². The smallest absolute Gasteiger partial charge is 0.0588 e. The molecule has 0 aromatic heterocycles. The Morgan fingerprint density at radius 3 is 1.86 bits per heavy atom. The normalized spacial score (nSPS) is 21.6. The van der Waals surface area contributed by atoms with E-state index in [-0.39, 0.29) is 0 Å². The van der Waals surface area contributed by atoms with E-state index in [0.29, 0.717) is 5.92 Å². The molecule has 2 fully saturated rings. The SMILES string of the molecule is Cc1cc(C2CCCCC2)c(C2CCCCC2)c(N)c1N. The third-order valence-electron chi connectivity index (χ3n) is 5.75. The van der Waals surface area contributed by atoms with Gasteiger partial charge in [-0.25, -0.2) is 0 Å². The molecule has 4 N–H and O–H groups in total. The molecule has 2 saturated carbocycles. The van der Waals surface area contributed by atoms with Crippen LogP contribution in [0, 0.1) is 6.92 Å². The predicted octanol–water partition coefficient (Wildman–Crippen LogP) is 5.25. The van der Waals surface area contributed by atoms with Crippen LogP contribution < -0.4 is 11.5 Å². The molecule has 0 atom stereocenters. The Kier molecular flexibility index (Phi) is 4.42. The fourth-order valence-corrected chi connectivity index (χ4v) is 4.50. The Labute approximate surface area is 129 Å². The van der Waals surface area contributed by atoms with Crippen molar-refractivity contribution in [2.24, 2.45) is 0 Å². The largest absolute Gasteiger partial charge is 0.397 e. The molecule has 0 saturated heterocycles. The van der Waals surface area contributed by atoms with Gasteiger partial charge in [0.25, 0.3) is 0 Å². The van der Waals surface area contributed by atoms with E-state index in [1.165, 1.54) is 75.3 Å². The molecule has 2 heteroatoms. The van der Waals surface area contributed by atoms with E-state index in [0.717, 1.165) is 17.3 Å². The van der Waals surface area contributed by atoms with Crippen molar-refractivity contribution in [1.29, 1.82) is 0 Å². The lowest BCUT2D eigenvalue weighted by molar-refractivity contribution is 0.419. The molecule has 0 amide bonds. The number of anilines is 2. The zero-order valence-corrected chi connectivity index (χ0v) is 13.5. The monoisotopic (exact) mass is 286 g/mol. The summed E-state index contributed by atoms with van der Waals surface area (Å²) in [4.78, 5) is 0. The lowest BCUT2D eigenvalue weighted by atomic mass is 9.74. The minimum absolute atomic E-state index is 0.651. The molecule has 1 aromatic carbocycles. The van der Waals surface area contributed by atoms with Gasteiger partial charge in [-0.15, -0.1) is 0 Å². The van der Waals surface area contributed by atoms with Crippen molar-refractivity contribution in [2.75, 3.05) is 11.5 Å². The van der Waals surface area contributed by atoms with Crippen molar-refractivity contribution in [2.45, 2.75) is 83.0 Å². The number of nitrogen functional groups attached to an aromatic ring is 2. The highest BCUT2D eigenvalue weighted by atomic mass is 14.7. The van der Waals surface area contributed by atoms with Crippen molar-refractivity contribution >= 4 is 11.4 Å². The first-order valence-electron chi connectivity index (χ1n) is 8.87. The van der Waals surface area contributed by atoms with Crippen LogP contribution in [0.15, 0.2) is 6.07 Å². The van der Waals surface area contributed by atoms with Gasteiger partial charge in [-0.3, -0.25) is 0 Å². The summed E-state index contributed by atoms with van der Waals surface area (Å²) in [6, 6.07) is 2.37. The van der Waals surface area contributed by atoms with E-state index in [2.05, 4.69) is 13.0 Å². The van der Waals surface area contributed by atoms with Crippen LogP contribution in [0.5, 0.6) is 0 Å². The molecule has 2 aliphatic rings. The van der Waals surface area contributed by atoms with Gasteiger partial charge in [-0.1, -0.05) is 44.6 Å². The van der Waals surface area contributed by atoms with Gasteiger partial charge in [0, 0.05) is 0 Å². The minimum Gasteiger partial charge on any atom is -0.397 e. The molecule has 0 bridgehead atoms. The molecule has 116 valence electrons. The molecule has 21 heavy (non-hydrogen) atoms. The summed E-state index contributed by atoms with van der Waals surface area (Å²) in [6.07, 6.45) is 13.5. The summed E-state index contributed by atoms with van der Waals surface area (Å²) in [5.74, 6) is 1.37. The molecular weight excluding hydrogens is 256 g/mol. The summed E-state index contributed by atoms with van der Waals surface area (Å²) < 4.78 is 0. The molecular formula is C19H30N2. The average molecular weight is 286 g/mol. The summed E-state index contributed by atoms with van der Waals surface area (Å²) >= 11 is 0. The molecule has 1 aromatic rings. The molecule has 3 rings (SSSR count). The summed E-state index contributed by atoms with van der Waals surface area (Å²) in [5.41, 5.74) is 18.6. The summed E-state index contributed by atoms with van der Waals surface area (Å²) in [5, 5.41) is 0. The van der Waals surface area contributed by atoms with Crippen LogP contribution in [0.2, 0.25) is 0 Å². The van der Waals surface area contributed by atoms with Crippen LogP contribution in [0.4, 0.5) is 11.4 Å². The Balaban J connectivity index is 2.03. The average Bonchev–Trinajstić information content (AvgIpc) is 2.54. The van der Waals surface area contributed by atoms with Crippen molar-refractivity contribution in [3.63, 3.8) is 0 Å². The quantitative estimate of drug-likeness (QED) is 0.729. The van der Waals surface area contributed by atoms with E-state index in [4.69, 9.17) is 11.5 Å². The number of hydrogen-bond acceptors (Lipinski definition) is 2. The van der Waals surface area contributed by atoms with E-state index >= 15 is 0 Å². The van der Waals surface area contributed by atoms with Gasteiger partial charge >= 0.3 is 0 Å². The van der Waals surface area contributed by atoms with Gasteiger partial charge < -0.3 is 11.5 Å². The van der Waals surface area contributed by atoms with Gasteiger partial charge in [-0.05, 0) is 61.1 Å². The van der Waals surface area contributed by atoms with Crippen LogP contribution in [0.3, 0.4) is 0 Å². The van der Waals surface area contributed by atoms with Crippen LogP contribution >= 0.6 is 0 Å². The van der Waals surface area contributed by atoms with Crippen LogP contribution in [0.25, 0.3) is 0 Å². The Bertz CT molecular complexity index is 495. The number of nitrogens with two attached hydrogens (primary N) is 2. The highest BCUT2D eigenvalue weighted by Gasteiger charge is 2.27. The van der Waals surface area contributed by atoms with Crippen molar-refractivity contribution in [3.8, 4) is 0 Å². The van der Waals surface area contributed by atoms with E-state index in [1.807, 2.05) is 0 Å². The molecule has 0 aliphatic heterocycles. The van der Waals surface area contributed by atoms with Crippen molar-refractivity contribution in [3.05, 3.63) is 22.8 Å². The summed E-state index contributed by atoms with van der Waals surface area (Å²) in [6.45, 7) is 2.11. The minimum atomic E-state index is 0.651. The molecule has 0 radical (unpaired) electrons. The Morgan fingerprint density at radius 2 is 1.29 bits per heavy atom. The zero-order valence-electron chi connectivity index (χ0n) is 13.5. The fraction of sp³-hybridized carbons (Fsp3) is 0.684. The zero-order chi connectivity index (χ0) is 14.8. The number of benzene rings is 1. The van der Waals surface area contributed by atoms with E-state index < -0.39 is 0 Å². The second-order valence-electron chi connectivity index (χ2n) is 7.19. The fourth-order valence-electron chi connectivity index (χ4n) is 4.50. The van der Waals surface area contributed by atoms with Gasteiger partial charge in [0.15, 0.2) is 0 Å². The van der Waals surface area contributed by atoms with Crippen LogP contribution in [-0.2, 0) is 0 Å². The second-order valence-corrected chi connectivity index (χ2v) is 7.19. The third-order valence-corrected chi connectivity index (χ3v) is 5.75. The molecule has 2 nitrogen and oxygen atoms in total. The van der Waals surface area contributed by atoms with E-state index in [9.17, 15) is 0 Å². The Morgan fingerprint density at radius 1 is 0.762 bits per heavy atom. The van der Waals surface area contributed by atoms with Gasteiger partial charge in [0.2, 0.25) is 0 Å². The molecule has 2 aliphatic carbocycles.